The van der Waals surface area contributed by atoms with E-state index in [4.69, 9.17) is 10.5 Å². The molecule has 1 unspecified atom stereocenters. The number of nitrogens with zero attached hydrogens (tertiary/aromatic N) is 1. The third-order valence-corrected chi connectivity index (χ3v) is 3.58. The van der Waals surface area contributed by atoms with Crippen LogP contribution in [0.5, 0.6) is 0 Å². The second-order valence-electron chi connectivity index (χ2n) is 4.85. The first-order valence-corrected chi connectivity index (χ1v) is 7.26. The van der Waals surface area contributed by atoms with Gasteiger partial charge in [-0.15, -0.1) is 0 Å². The van der Waals surface area contributed by atoms with Crippen LogP contribution >= 0.6 is 12.6 Å². The van der Waals surface area contributed by atoms with E-state index in [1.54, 1.807) is 24.3 Å². The highest BCUT2D eigenvalue weighted by atomic mass is 32.1. The number of imide groups is 1. The normalized spacial score (nSPS) is 17.7. The van der Waals surface area contributed by atoms with Crippen molar-refractivity contribution in [2.45, 2.75) is 18.3 Å². The SMILES string of the molecule is Nc1ccc(COC(=O)NCCN2C(=O)CC(S)C2=O)cc1. The van der Waals surface area contributed by atoms with Crippen LogP contribution in [0.1, 0.15) is 12.0 Å². The highest BCUT2D eigenvalue weighted by Gasteiger charge is 2.35. The number of carbonyl (C=O) groups excluding carboxylic acids is 3. The second-order valence-corrected chi connectivity index (χ2v) is 5.47. The summed E-state index contributed by atoms with van der Waals surface area (Å²) in [5.74, 6) is -0.604. The summed E-state index contributed by atoms with van der Waals surface area (Å²) in [6.07, 6.45) is -0.512. The minimum absolute atomic E-state index is 0.101. The fourth-order valence-corrected chi connectivity index (χ4v) is 2.28. The van der Waals surface area contributed by atoms with E-state index in [0.717, 1.165) is 10.5 Å². The monoisotopic (exact) mass is 323 g/mol. The molecule has 0 saturated carbocycles. The van der Waals surface area contributed by atoms with Gasteiger partial charge in [-0.2, -0.15) is 12.6 Å². The van der Waals surface area contributed by atoms with Crippen LogP contribution in [-0.2, 0) is 20.9 Å². The molecule has 0 spiro atoms. The molecule has 1 saturated heterocycles. The highest BCUT2D eigenvalue weighted by Crippen LogP contribution is 2.16. The molecule has 3 amide bonds. The van der Waals surface area contributed by atoms with E-state index in [1.807, 2.05) is 0 Å². The van der Waals surface area contributed by atoms with Crippen LogP contribution in [-0.4, -0.2) is 41.1 Å². The van der Waals surface area contributed by atoms with E-state index in [0.29, 0.717) is 5.69 Å². The summed E-state index contributed by atoms with van der Waals surface area (Å²) in [6.45, 7) is 0.372. The quantitative estimate of drug-likeness (QED) is 0.417. The first-order valence-electron chi connectivity index (χ1n) is 6.74. The zero-order chi connectivity index (χ0) is 16.1. The van der Waals surface area contributed by atoms with Gasteiger partial charge in [0.05, 0.1) is 5.25 Å². The van der Waals surface area contributed by atoms with Gasteiger partial charge >= 0.3 is 6.09 Å². The molecule has 2 rings (SSSR count). The third kappa shape index (κ3) is 4.14. The zero-order valence-corrected chi connectivity index (χ0v) is 12.7. The van der Waals surface area contributed by atoms with Crippen molar-refractivity contribution < 1.29 is 19.1 Å². The largest absolute Gasteiger partial charge is 0.445 e. The van der Waals surface area contributed by atoms with Gasteiger partial charge in [0.1, 0.15) is 6.61 Å². The van der Waals surface area contributed by atoms with Gasteiger partial charge in [-0.3, -0.25) is 14.5 Å². The van der Waals surface area contributed by atoms with E-state index >= 15 is 0 Å². The Balaban J connectivity index is 1.69. The number of likely N-dealkylation sites (tertiary alicyclic amines) is 1. The van der Waals surface area contributed by atoms with Gasteiger partial charge in [0.15, 0.2) is 0 Å². The van der Waals surface area contributed by atoms with Crippen LogP contribution in [0, 0.1) is 0 Å². The minimum Gasteiger partial charge on any atom is -0.445 e. The van der Waals surface area contributed by atoms with Crippen LogP contribution < -0.4 is 11.1 Å². The van der Waals surface area contributed by atoms with Crippen molar-refractivity contribution in [3.63, 3.8) is 0 Å². The van der Waals surface area contributed by atoms with Gasteiger partial charge < -0.3 is 15.8 Å². The first-order chi connectivity index (χ1) is 10.5. The number of rotatable bonds is 5. The molecule has 1 heterocycles. The van der Waals surface area contributed by atoms with Gasteiger partial charge in [0.2, 0.25) is 11.8 Å². The van der Waals surface area contributed by atoms with Gasteiger partial charge in [0, 0.05) is 25.2 Å². The molecule has 0 bridgehead atoms. The van der Waals surface area contributed by atoms with Gasteiger partial charge in [-0.05, 0) is 17.7 Å². The maximum Gasteiger partial charge on any atom is 0.407 e. The topological polar surface area (TPSA) is 102 Å². The number of nitrogens with two attached hydrogens (primary N) is 1. The Morgan fingerprint density at radius 2 is 2.05 bits per heavy atom. The average Bonchev–Trinajstić information content (AvgIpc) is 2.73. The molecule has 1 aliphatic heterocycles. The van der Waals surface area contributed by atoms with E-state index in [-0.39, 0.29) is 37.9 Å². The molecule has 8 heteroatoms. The summed E-state index contributed by atoms with van der Waals surface area (Å²) in [5.41, 5.74) is 7.00. The fourth-order valence-electron chi connectivity index (χ4n) is 1.98. The van der Waals surface area contributed by atoms with Crippen molar-refractivity contribution >= 4 is 36.2 Å². The number of hydrogen-bond donors (Lipinski definition) is 3. The van der Waals surface area contributed by atoms with Gasteiger partial charge in [-0.25, -0.2) is 4.79 Å². The minimum atomic E-state index is -0.613. The molecule has 0 aliphatic carbocycles. The lowest BCUT2D eigenvalue weighted by Gasteiger charge is -2.14. The Hall–Kier alpha value is -2.22. The Morgan fingerprint density at radius 3 is 2.64 bits per heavy atom. The van der Waals surface area contributed by atoms with Crippen LogP contribution in [0.2, 0.25) is 0 Å². The van der Waals surface area contributed by atoms with E-state index in [2.05, 4.69) is 17.9 Å². The molecule has 118 valence electrons. The molecule has 1 atom stereocenters. The zero-order valence-electron chi connectivity index (χ0n) is 11.8. The average molecular weight is 323 g/mol. The first kappa shape index (κ1) is 16.2. The summed E-state index contributed by atoms with van der Waals surface area (Å²) in [4.78, 5) is 35.7. The molecule has 0 radical (unpaired) electrons. The predicted octanol–water partition coefficient (Wildman–Crippen LogP) is 0.552. The Bertz CT molecular complexity index is 576. The summed E-state index contributed by atoms with van der Waals surface area (Å²) >= 11 is 4.02. The third-order valence-electron chi connectivity index (χ3n) is 3.17. The van der Waals surface area contributed by atoms with E-state index in [9.17, 15) is 14.4 Å². The maximum atomic E-state index is 11.6. The number of carbonyl (C=O) groups is 3. The molecule has 0 aromatic heterocycles. The smallest absolute Gasteiger partial charge is 0.407 e. The Kier molecular flexibility index (Phi) is 5.26. The Morgan fingerprint density at radius 1 is 1.36 bits per heavy atom. The van der Waals surface area contributed by atoms with Crippen molar-refractivity contribution in [2.75, 3.05) is 18.8 Å². The molecular weight excluding hydrogens is 306 g/mol. The van der Waals surface area contributed by atoms with Crippen LogP contribution in [0.4, 0.5) is 10.5 Å². The lowest BCUT2D eigenvalue weighted by molar-refractivity contribution is -0.138. The number of alkyl carbamates (subject to hydrolysis) is 1. The lowest BCUT2D eigenvalue weighted by Crippen LogP contribution is -2.38. The number of amides is 3. The lowest BCUT2D eigenvalue weighted by atomic mass is 10.2. The van der Waals surface area contributed by atoms with Crippen molar-refractivity contribution in [2.24, 2.45) is 0 Å². The number of hydrogen-bond acceptors (Lipinski definition) is 6. The van der Waals surface area contributed by atoms with Crippen molar-refractivity contribution in [3.05, 3.63) is 29.8 Å². The summed E-state index contributed by atoms with van der Waals surface area (Å²) in [7, 11) is 0. The molecule has 3 N–H and O–H groups in total. The summed E-state index contributed by atoms with van der Waals surface area (Å²) < 4.78 is 5.01. The van der Waals surface area contributed by atoms with Crippen LogP contribution in [0.3, 0.4) is 0 Å². The number of ether oxygens (including phenoxy) is 1. The summed E-state index contributed by atoms with van der Waals surface area (Å²) in [5, 5.41) is 1.91. The van der Waals surface area contributed by atoms with Crippen molar-refractivity contribution in [1.29, 1.82) is 0 Å². The molecule has 1 aromatic rings. The van der Waals surface area contributed by atoms with E-state index in [1.165, 1.54) is 0 Å². The van der Waals surface area contributed by atoms with Crippen LogP contribution in [0.15, 0.2) is 24.3 Å². The molecule has 1 aromatic carbocycles. The van der Waals surface area contributed by atoms with Gasteiger partial charge in [0.25, 0.3) is 0 Å². The number of nitrogens with one attached hydrogen (secondary N) is 1. The molecule has 1 fully saturated rings. The number of nitrogen functional groups attached to an aromatic ring is 1. The van der Waals surface area contributed by atoms with Crippen molar-refractivity contribution in [3.8, 4) is 0 Å². The van der Waals surface area contributed by atoms with E-state index < -0.39 is 11.3 Å². The molecular formula is C14H17N3O4S. The van der Waals surface area contributed by atoms with Crippen molar-refractivity contribution in [1.82, 2.24) is 10.2 Å². The molecule has 1 aliphatic rings. The number of benzene rings is 1. The van der Waals surface area contributed by atoms with Gasteiger partial charge in [-0.1, -0.05) is 12.1 Å². The second kappa shape index (κ2) is 7.17. The Labute approximate surface area is 133 Å². The molecule has 7 nitrogen and oxygen atoms in total. The highest BCUT2D eigenvalue weighted by molar-refractivity contribution is 7.81. The number of anilines is 1. The molecule has 22 heavy (non-hydrogen) atoms. The predicted molar refractivity (Wildman–Crippen MR) is 83.2 cm³/mol. The standard InChI is InChI=1S/C14H17N3O4S/c15-10-3-1-9(2-4-10)8-21-14(20)16-5-6-17-12(18)7-11(22)13(17)19/h1-4,11,22H,5-8,15H2,(H,16,20). The maximum absolute atomic E-state index is 11.6. The fraction of sp³-hybridized carbons (Fsp3) is 0.357. The number of thiol groups is 1. The summed E-state index contributed by atoms with van der Waals surface area (Å²) in [6, 6.07) is 6.96. The van der Waals surface area contributed by atoms with Crippen LogP contribution in [0.25, 0.3) is 0 Å².